The van der Waals surface area contributed by atoms with Crippen LogP contribution >= 0.6 is 0 Å². The fourth-order valence-electron chi connectivity index (χ4n) is 3.29. The maximum absolute atomic E-state index is 12.4. The third-order valence-corrected chi connectivity index (χ3v) is 4.18. The number of halogens is 1. The summed E-state index contributed by atoms with van der Waals surface area (Å²) < 4.78 is 18.7. The average Bonchev–Trinajstić information content (AvgIpc) is 2.72. The first-order valence-corrected chi connectivity index (χ1v) is 6.90. The number of alkyl halides is 1. The summed E-state index contributed by atoms with van der Waals surface area (Å²) in [5.41, 5.74) is 2.52. The van der Waals surface area contributed by atoms with Crippen LogP contribution in [-0.4, -0.2) is 19.8 Å². The van der Waals surface area contributed by atoms with E-state index in [-0.39, 0.29) is 18.4 Å². The van der Waals surface area contributed by atoms with Crippen LogP contribution in [0.2, 0.25) is 0 Å². The molecule has 0 aliphatic carbocycles. The van der Waals surface area contributed by atoms with Crippen LogP contribution in [0.4, 0.5) is 4.39 Å². The molecule has 1 spiro atoms. The Hall–Kier alpha value is -0.930. The highest BCUT2D eigenvalue weighted by Gasteiger charge is 2.44. The van der Waals surface area contributed by atoms with Crippen molar-refractivity contribution in [3.05, 3.63) is 35.4 Å². The van der Waals surface area contributed by atoms with E-state index in [2.05, 4.69) is 29.6 Å². The lowest BCUT2D eigenvalue weighted by molar-refractivity contribution is -0.0974. The van der Waals surface area contributed by atoms with Crippen LogP contribution in [0.15, 0.2) is 24.3 Å². The van der Waals surface area contributed by atoms with E-state index in [9.17, 15) is 4.39 Å². The van der Waals surface area contributed by atoms with Crippen molar-refractivity contribution >= 4 is 0 Å². The van der Waals surface area contributed by atoms with Crippen molar-refractivity contribution < 1.29 is 9.13 Å². The Morgan fingerprint density at radius 3 is 2.83 bits per heavy atom. The first-order valence-electron chi connectivity index (χ1n) is 6.90. The van der Waals surface area contributed by atoms with Crippen LogP contribution in [0.5, 0.6) is 0 Å². The molecule has 3 rings (SSSR count). The Balaban J connectivity index is 1.90. The summed E-state index contributed by atoms with van der Waals surface area (Å²) in [6.45, 7) is 1.75. The first kappa shape index (κ1) is 12.1. The van der Waals surface area contributed by atoms with Gasteiger partial charge in [-0.25, -0.2) is 0 Å². The van der Waals surface area contributed by atoms with Gasteiger partial charge in [0.2, 0.25) is 0 Å². The Morgan fingerprint density at radius 2 is 2.06 bits per heavy atom. The molecule has 1 fully saturated rings. The number of rotatable bonds is 3. The van der Waals surface area contributed by atoms with Gasteiger partial charge in [-0.05, 0) is 49.9 Å². The SMILES string of the molecule is FCCCC1OC2(CCNCC2)c2ccccc21. The number of benzene rings is 1. The highest BCUT2D eigenvalue weighted by Crippen LogP contribution is 2.49. The normalized spacial score (nSPS) is 25.3. The Morgan fingerprint density at radius 1 is 1.28 bits per heavy atom. The van der Waals surface area contributed by atoms with E-state index >= 15 is 0 Å². The average molecular weight is 249 g/mol. The summed E-state index contributed by atoms with van der Waals surface area (Å²) in [5.74, 6) is 0. The molecule has 1 N–H and O–H groups in total. The van der Waals surface area contributed by atoms with Gasteiger partial charge >= 0.3 is 0 Å². The summed E-state index contributed by atoms with van der Waals surface area (Å²) in [4.78, 5) is 0. The Kier molecular flexibility index (Phi) is 3.35. The molecule has 0 radical (unpaired) electrons. The molecule has 98 valence electrons. The standard InChI is InChI=1S/C15H20FNO/c16-9-3-6-14-12-4-1-2-5-13(12)15(18-14)7-10-17-11-8-15/h1-2,4-5,14,17H,3,6-11H2. The third kappa shape index (κ3) is 1.95. The fraction of sp³-hybridized carbons (Fsp3) is 0.600. The van der Waals surface area contributed by atoms with Crippen molar-refractivity contribution in [2.45, 2.75) is 37.4 Å². The molecule has 1 aromatic rings. The van der Waals surface area contributed by atoms with Crippen LogP contribution in [-0.2, 0) is 10.3 Å². The van der Waals surface area contributed by atoms with Crippen molar-refractivity contribution in [2.75, 3.05) is 19.8 Å². The number of ether oxygens (including phenoxy) is 1. The highest BCUT2D eigenvalue weighted by molar-refractivity contribution is 5.38. The van der Waals surface area contributed by atoms with Gasteiger partial charge in [-0.2, -0.15) is 0 Å². The molecule has 2 aliphatic rings. The van der Waals surface area contributed by atoms with Gasteiger partial charge in [0.05, 0.1) is 18.4 Å². The van der Waals surface area contributed by atoms with Crippen molar-refractivity contribution in [1.29, 1.82) is 0 Å². The van der Waals surface area contributed by atoms with E-state index in [1.165, 1.54) is 11.1 Å². The minimum absolute atomic E-state index is 0.0926. The molecule has 1 aromatic carbocycles. The molecule has 0 aromatic heterocycles. The van der Waals surface area contributed by atoms with E-state index in [4.69, 9.17) is 4.74 Å². The molecule has 18 heavy (non-hydrogen) atoms. The van der Waals surface area contributed by atoms with Gasteiger partial charge in [0.25, 0.3) is 0 Å². The Bertz CT molecular complexity index is 415. The van der Waals surface area contributed by atoms with E-state index < -0.39 is 0 Å². The molecule has 2 heterocycles. The van der Waals surface area contributed by atoms with Gasteiger partial charge in [0, 0.05) is 0 Å². The molecule has 0 saturated carbocycles. The zero-order chi connectivity index (χ0) is 12.4. The topological polar surface area (TPSA) is 21.3 Å². The highest BCUT2D eigenvalue weighted by atomic mass is 19.1. The smallest absolute Gasteiger partial charge is 0.0967 e. The third-order valence-electron chi connectivity index (χ3n) is 4.18. The molecule has 2 nitrogen and oxygen atoms in total. The minimum Gasteiger partial charge on any atom is -0.362 e. The number of hydrogen-bond donors (Lipinski definition) is 1. The zero-order valence-corrected chi connectivity index (χ0v) is 10.6. The quantitative estimate of drug-likeness (QED) is 0.889. The maximum Gasteiger partial charge on any atom is 0.0967 e. The maximum atomic E-state index is 12.4. The molecular weight excluding hydrogens is 229 g/mol. The zero-order valence-electron chi connectivity index (χ0n) is 10.6. The molecule has 1 saturated heterocycles. The summed E-state index contributed by atoms with van der Waals surface area (Å²) in [6.07, 6.45) is 3.53. The van der Waals surface area contributed by atoms with Crippen LogP contribution in [0.25, 0.3) is 0 Å². The molecule has 1 unspecified atom stereocenters. The number of fused-ring (bicyclic) bond motifs is 2. The lowest BCUT2D eigenvalue weighted by Crippen LogP contribution is -2.39. The molecule has 3 heteroatoms. The second-order valence-corrected chi connectivity index (χ2v) is 5.27. The Labute approximate surface area is 108 Å². The second-order valence-electron chi connectivity index (χ2n) is 5.27. The lowest BCUT2D eigenvalue weighted by Gasteiger charge is -2.34. The molecular formula is C15H20FNO. The summed E-state index contributed by atoms with van der Waals surface area (Å²) >= 11 is 0. The van der Waals surface area contributed by atoms with E-state index in [1.54, 1.807) is 0 Å². The second kappa shape index (κ2) is 4.98. The van der Waals surface area contributed by atoms with Crippen LogP contribution < -0.4 is 5.32 Å². The number of piperidine rings is 1. The minimum atomic E-state index is -0.253. The largest absolute Gasteiger partial charge is 0.362 e. The van der Waals surface area contributed by atoms with E-state index in [1.807, 2.05) is 0 Å². The van der Waals surface area contributed by atoms with Crippen molar-refractivity contribution in [1.82, 2.24) is 5.32 Å². The van der Waals surface area contributed by atoms with Gasteiger partial charge in [-0.15, -0.1) is 0 Å². The first-order chi connectivity index (χ1) is 8.86. The van der Waals surface area contributed by atoms with Crippen molar-refractivity contribution in [2.24, 2.45) is 0 Å². The van der Waals surface area contributed by atoms with Crippen LogP contribution in [0.1, 0.15) is 42.9 Å². The van der Waals surface area contributed by atoms with E-state index in [0.29, 0.717) is 6.42 Å². The van der Waals surface area contributed by atoms with Crippen LogP contribution in [0.3, 0.4) is 0 Å². The van der Waals surface area contributed by atoms with Gasteiger partial charge in [-0.3, -0.25) is 4.39 Å². The molecule has 0 bridgehead atoms. The summed E-state index contributed by atoms with van der Waals surface area (Å²) in [6, 6.07) is 8.49. The van der Waals surface area contributed by atoms with Gasteiger partial charge in [-0.1, -0.05) is 24.3 Å². The molecule has 1 atom stereocenters. The van der Waals surface area contributed by atoms with Gasteiger partial charge in [0.15, 0.2) is 0 Å². The fourth-order valence-corrected chi connectivity index (χ4v) is 3.29. The predicted molar refractivity (Wildman–Crippen MR) is 69.3 cm³/mol. The van der Waals surface area contributed by atoms with E-state index in [0.717, 1.165) is 32.4 Å². The summed E-state index contributed by atoms with van der Waals surface area (Å²) in [7, 11) is 0. The molecule has 2 aliphatic heterocycles. The number of nitrogens with one attached hydrogen (secondary N) is 1. The van der Waals surface area contributed by atoms with Crippen molar-refractivity contribution in [3.8, 4) is 0 Å². The summed E-state index contributed by atoms with van der Waals surface area (Å²) in [5, 5.41) is 3.38. The monoisotopic (exact) mass is 249 g/mol. The number of hydrogen-bond acceptors (Lipinski definition) is 2. The van der Waals surface area contributed by atoms with Gasteiger partial charge in [0.1, 0.15) is 0 Å². The van der Waals surface area contributed by atoms with Gasteiger partial charge < -0.3 is 10.1 Å². The lowest BCUT2D eigenvalue weighted by atomic mass is 9.84. The molecule has 0 amide bonds. The predicted octanol–water partition coefficient (Wildman–Crippen LogP) is 3.09. The van der Waals surface area contributed by atoms with Crippen molar-refractivity contribution in [3.63, 3.8) is 0 Å². The van der Waals surface area contributed by atoms with Crippen LogP contribution in [0, 0.1) is 0 Å².